The topological polar surface area (TPSA) is 55.2 Å². The van der Waals surface area contributed by atoms with E-state index in [9.17, 15) is 10.1 Å². The van der Waals surface area contributed by atoms with Crippen molar-refractivity contribution in [3.8, 4) is 0 Å². The molecule has 10 heavy (non-hydrogen) atoms. The van der Waals surface area contributed by atoms with Crippen molar-refractivity contribution in [2.75, 3.05) is 6.54 Å². The van der Waals surface area contributed by atoms with Gasteiger partial charge in [0.1, 0.15) is 0 Å². The lowest BCUT2D eigenvalue weighted by molar-refractivity contribution is -0.544. The van der Waals surface area contributed by atoms with Gasteiger partial charge in [0.15, 0.2) is 5.03 Å². The summed E-state index contributed by atoms with van der Waals surface area (Å²) in [5.74, 6) is 0.186. The summed E-state index contributed by atoms with van der Waals surface area (Å²) in [5, 5.41) is 9.27. The maximum absolute atomic E-state index is 9.80. The summed E-state index contributed by atoms with van der Waals surface area (Å²) in [6, 6.07) is 0. The van der Waals surface area contributed by atoms with Gasteiger partial charge in [-0.25, -0.2) is 10.1 Å². The molecule has 0 saturated heterocycles. The van der Waals surface area contributed by atoms with Crippen molar-refractivity contribution in [3.63, 3.8) is 0 Å². The highest BCUT2D eigenvalue weighted by atomic mass is 16.7. The Bertz CT molecular complexity index is 174. The van der Waals surface area contributed by atoms with E-state index < -0.39 is 5.03 Å². The van der Waals surface area contributed by atoms with Gasteiger partial charge in [-0.05, 0) is 0 Å². The van der Waals surface area contributed by atoms with Crippen molar-refractivity contribution in [2.24, 2.45) is 5.92 Å². The van der Waals surface area contributed by atoms with Gasteiger partial charge in [-0.3, -0.25) is 0 Å². The number of nitro groups is 1. The molecule has 0 aromatic carbocycles. The fourth-order valence-electron chi connectivity index (χ4n) is 0.794. The van der Waals surface area contributed by atoms with Gasteiger partial charge >= 0.3 is 0 Å². The maximum Gasteiger partial charge on any atom is 0.157 e. The van der Waals surface area contributed by atoms with Crippen LogP contribution in [0.5, 0.6) is 0 Å². The van der Waals surface area contributed by atoms with Crippen LogP contribution in [0, 0.1) is 16.0 Å². The molecule has 0 fully saturated rings. The zero-order valence-electron chi connectivity index (χ0n) is 5.36. The molecule has 0 saturated carbocycles. The van der Waals surface area contributed by atoms with Crippen LogP contribution in [-0.2, 0) is 0 Å². The molecule has 0 unspecified atom stereocenters. The van der Waals surface area contributed by atoms with Crippen LogP contribution in [-0.4, -0.2) is 11.6 Å². The lowest BCUT2D eigenvalue weighted by Crippen LogP contribution is -2.26. The fraction of sp³-hybridized carbons (Fsp3) is 0.333. The third kappa shape index (κ3) is 1.89. The van der Waals surface area contributed by atoms with Gasteiger partial charge < -0.3 is 0 Å². The predicted octanol–water partition coefficient (Wildman–Crippen LogP) is 0.510. The Kier molecular flexibility index (Phi) is 2.04. The molecule has 1 aliphatic rings. The van der Waals surface area contributed by atoms with Gasteiger partial charge in [0.2, 0.25) is 0 Å². The third-order valence-corrected chi connectivity index (χ3v) is 1.28. The number of hydrazine groups is 1. The third-order valence-electron chi connectivity index (χ3n) is 1.28. The average molecular weight is 140 g/mol. The normalized spacial score (nSPS) is 16.0. The molecule has 0 bridgehead atoms. The highest BCUT2D eigenvalue weighted by Crippen LogP contribution is 2.06. The average Bonchev–Trinajstić information content (AvgIpc) is 2.34. The van der Waals surface area contributed by atoms with Crippen LogP contribution in [0.1, 0.15) is 0 Å². The Labute approximate surface area is 58.4 Å². The molecule has 1 rings (SSSR count). The van der Waals surface area contributed by atoms with Crippen molar-refractivity contribution < 1.29 is 5.03 Å². The second kappa shape index (κ2) is 3.00. The minimum atomic E-state index is -0.528. The largest absolute Gasteiger partial charge is 0.235 e. The van der Waals surface area contributed by atoms with Crippen LogP contribution in [0.2, 0.25) is 0 Å². The van der Waals surface area contributed by atoms with Crippen molar-refractivity contribution in [3.05, 3.63) is 34.4 Å². The zero-order chi connectivity index (χ0) is 7.40. The lowest BCUT2D eigenvalue weighted by Gasteiger charge is -1.99. The number of allylic oxidation sites excluding steroid dienone is 2. The molecule has 0 heterocycles. The van der Waals surface area contributed by atoms with Crippen LogP contribution in [0.15, 0.2) is 24.3 Å². The molecule has 0 aromatic rings. The van der Waals surface area contributed by atoms with Crippen molar-refractivity contribution in [1.29, 1.82) is 0 Å². The lowest BCUT2D eigenvalue weighted by atomic mass is 10.2. The summed E-state index contributed by atoms with van der Waals surface area (Å²) in [4.78, 5) is 9.80. The standard InChI is InChI=1S/C6H8N2O2/c9-8(10)7-5-6-3-1-2-4-6/h1-4,6-7H,5H2. The number of hydrogen-bond acceptors (Lipinski definition) is 2. The summed E-state index contributed by atoms with van der Waals surface area (Å²) in [6.45, 7) is 0.375. The Balaban J connectivity index is 2.20. The van der Waals surface area contributed by atoms with Crippen molar-refractivity contribution in [2.45, 2.75) is 0 Å². The Morgan fingerprint density at radius 2 is 2.10 bits per heavy atom. The summed E-state index contributed by atoms with van der Waals surface area (Å²) >= 11 is 0. The summed E-state index contributed by atoms with van der Waals surface area (Å²) in [5.41, 5.74) is 2.11. The van der Waals surface area contributed by atoms with E-state index in [-0.39, 0.29) is 5.92 Å². The molecule has 0 aliphatic heterocycles. The smallest absolute Gasteiger partial charge is 0.157 e. The van der Waals surface area contributed by atoms with E-state index in [4.69, 9.17) is 0 Å². The number of nitrogens with zero attached hydrogens (tertiary/aromatic N) is 1. The van der Waals surface area contributed by atoms with E-state index in [1.165, 1.54) is 0 Å². The van der Waals surface area contributed by atoms with E-state index in [0.29, 0.717) is 6.54 Å². The van der Waals surface area contributed by atoms with Gasteiger partial charge in [0, 0.05) is 5.92 Å². The van der Waals surface area contributed by atoms with Crippen LogP contribution in [0.3, 0.4) is 0 Å². The molecular weight excluding hydrogens is 132 g/mol. The second-order valence-corrected chi connectivity index (χ2v) is 2.05. The van der Waals surface area contributed by atoms with Gasteiger partial charge in [-0.1, -0.05) is 24.3 Å². The second-order valence-electron chi connectivity index (χ2n) is 2.05. The SMILES string of the molecule is O=[N+]([O-])NCC1C=CC=C1. The molecule has 54 valence electrons. The molecule has 0 radical (unpaired) electrons. The van der Waals surface area contributed by atoms with Gasteiger partial charge in [-0.2, -0.15) is 0 Å². The Hall–Kier alpha value is -1.32. The Morgan fingerprint density at radius 1 is 1.50 bits per heavy atom. The maximum atomic E-state index is 9.80. The van der Waals surface area contributed by atoms with E-state index in [0.717, 1.165) is 0 Å². The molecule has 0 aromatic heterocycles. The van der Waals surface area contributed by atoms with Crippen LogP contribution < -0.4 is 5.43 Å². The van der Waals surface area contributed by atoms with Crippen LogP contribution >= 0.6 is 0 Å². The molecule has 0 amide bonds. The zero-order valence-corrected chi connectivity index (χ0v) is 5.36. The molecule has 4 heteroatoms. The van der Waals surface area contributed by atoms with Gasteiger partial charge in [-0.15, -0.1) is 5.43 Å². The fourth-order valence-corrected chi connectivity index (χ4v) is 0.794. The van der Waals surface area contributed by atoms with Gasteiger partial charge in [0.25, 0.3) is 0 Å². The van der Waals surface area contributed by atoms with Crippen LogP contribution in [0.4, 0.5) is 0 Å². The first kappa shape index (κ1) is 6.80. The quantitative estimate of drug-likeness (QED) is 0.459. The molecule has 0 spiro atoms. The number of rotatable bonds is 3. The molecule has 0 atom stereocenters. The summed E-state index contributed by atoms with van der Waals surface area (Å²) in [7, 11) is 0. The van der Waals surface area contributed by atoms with Crippen molar-refractivity contribution >= 4 is 0 Å². The van der Waals surface area contributed by atoms with Crippen LogP contribution in [0.25, 0.3) is 0 Å². The van der Waals surface area contributed by atoms with Gasteiger partial charge in [0.05, 0.1) is 6.54 Å². The highest BCUT2D eigenvalue weighted by molar-refractivity contribution is 5.17. The van der Waals surface area contributed by atoms with E-state index in [1.807, 2.05) is 24.3 Å². The highest BCUT2D eigenvalue weighted by Gasteiger charge is 2.05. The first-order valence-electron chi connectivity index (χ1n) is 3.02. The summed E-state index contributed by atoms with van der Waals surface area (Å²) in [6.07, 6.45) is 7.59. The Morgan fingerprint density at radius 3 is 2.60 bits per heavy atom. The molecule has 1 N–H and O–H groups in total. The molecule has 1 aliphatic carbocycles. The minimum absolute atomic E-state index is 0.186. The first-order valence-corrected chi connectivity index (χ1v) is 3.02. The molecule has 4 nitrogen and oxygen atoms in total. The predicted molar refractivity (Wildman–Crippen MR) is 36.8 cm³/mol. The van der Waals surface area contributed by atoms with E-state index in [2.05, 4.69) is 5.43 Å². The number of hydrogen-bond donors (Lipinski definition) is 1. The monoisotopic (exact) mass is 140 g/mol. The summed E-state index contributed by atoms with van der Waals surface area (Å²) < 4.78 is 0. The van der Waals surface area contributed by atoms with E-state index in [1.54, 1.807) is 0 Å². The molecular formula is C6H8N2O2. The minimum Gasteiger partial charge on any atom is -0.235 e. The van der Waals surface area contributed by atoms with Crippen molar-refractivity contribution in [1.82, 2.24) is 5.43 Å². The van der Waals surface area contributed by atoms with E-state index >= 15 is 0 Å². The number of nitrogens with one attached hydrogen (secondary N) is 1. The first-order chi connectivity index (χ1) is 4.79.